The van der Waals surface area contributed by atoms with Crippen LogP contribution in [0.3, 0.4) is 0 Å². The zero-order chi connectivity index (χ0) is 12.3. The number of carbonyl (C=O) groups excluding carboxylic acids is 1. The summed E-state index contributed by atoms with van der Waals surface area (Å²) in [4.78, 5) is 13.6. The van der Waals surface area contributed by atoms with E-state index in [0.717, 1.165) is 12.8 Å². The van der Waals surface area contributed by atoms with Crippen molar-refractivity contribution in [1.82, 2.24) is 4.90 Å². The average molecular weight is 255 g/mol. The molecule has 1 fully saturated rings. The van der Waals surface area contributed by atoms with Gasteiger partial charge >= 0.3 is 6.03 Å². The molecule has 1 aliphatic rings. The highest BCUT2D eigenvalue weighted by Crippen LogP contribution is 2.28. The van der Waals surface area contributed by atoms with Gasteiger partial charge in [0.15, 0.2) is 0 Å². The molecule has 0 unspecified atom stereocenters. The number of urea groups is 1. The van der Waals surface area contributed by atoms with Gasteiger partial charge in [-0.25, -0.2) is 4.79 Å². The van der Waals surface area contributed by atoms with Crippen molar-refractivity contribution in [2.45, 2.75) is 18.9 Å². The maximum atomic E-state index is 12.0. The molecule has 5 heteroatoms. The number of carbonyl (C=O) groups is 1. The van der Waals surface area contributed by atoms with Gasteiger partial charge < -0.3 is 15.3 Å². The first-order chi connectivity index (χ1) is 8.22. The third-order valence-electron chi connectivity index (χ3n) is 2.70. The Bertz CT molecular complexity index is 407. The van der Waals surface area contributed by atoms with Crippen molar-refractivity contribution < 1.29 is 9.90 Å². The molecule has 1 aromatic rings. The summed E-state index contributed by atoms with van der Waals surface area (Å²) in [6.07, 6.45) is 2.02. The molecule has 0 heterocycles. The van der Waals surface area contributed by atoms with Crippen molar-refractivity contribution in [2.24, 2.45) is 0 Å². The van der Waals surface area contributed by atoms with Crippen LogP contribution in [0, 0.1) is 0 Å². The first kappa shape index (κ1) is 12.2. The van der Waals surface area contributed by atoms with Crippen LogP contribution in [0.4, 0.5) is 10.5 Å². The van der Waals surface area contributed by atoms with E-state index in [1.165, 1.54) is 0 Å². The van der Waals surface area contributed by atoms with Gasteiger partial charge in [-0.1, -0.05) is 23.7 Å². The SMILES string of the molecule is O=C(Nc1ccccc1Cl)N(CCO)C1CC1. The number of benzene rings is 1. The number of hydrogen-bond donors (Lipinski definition) is 2. The second-order valence-electron chi connectivity index (χ2n) is 4.06. The van der Waals surface area contributed by atoms with Gasteiger partial charge in [0.05, 0.1) is 17.3 Å². The second-order valence-corrected chi connectivity index (χ2v) is 4.47. The first-order valence-corrected chi connectivity index (χ1v) is 6.03. The number of nitrogens with zero attached hydrogens (tertiary/aromatic N) is 1. The van der Waals surface area contributed by atoms with E-state index in [9.17, 15) is 4.79 Å². The van der Waals surface area contributed by atoms with Crippen LogP contribution in [0.1, 0.15) is 12.8 Å². The van der Waals surface area contributed by atoms with E-state index in [4.69, 9.17) is 16.7 Å². The molecule has 4 nitrogen and oxygen atoms in total. The Balaban J connectivity index is 2.02. The van der Waals surface area contributed by atoms with Crippen LogP contribution in [-0.4, -0.2) is 35.2 Å². The fourth-order valence-electron chi connectivity index (χ4n) is 1.69. The monoisotopic (exact) mass is 254 g/mol. The van der Waals surface area contributed by atoms with Gasteiger partial charge in [0.1, 0.15) is 0 Å². The Morgan fingerprint density at radius 2 is 2.18 bits per heavy atom. The fraction of sp³-hybridized carbons (Fsp3) is 0.417. The molecule has 0 spiro atoms. The molecule has 0 aromatic heterocycles. The molecular formula is C12H15ClN2O2. The van der Waals surface area contributed by atoms with Gasteiger partial charge in [-0.15, -0.1) is 0 Å². The van der Waals surface area contributed by atoms with E-state index in [-0.39, 0.29) is 18.7 Å². The Morgan fingerprint density at radius 1 is 1.47 bits per heavy atom. The number of halogens is 1. The summed E-state index contributed by atoms with van der Waals surface area (Å²) < 4.78 is 0. The van der Waals surface area contributed by atoms with Crippen LogP contribution < -0.4 is 5.32 Å². The van der Waals surface area contributed by atoms with Gasteiger partial charge in [0, 0.05) is 12.6 Å². The van der Waals surface area contributed by atoms with E-state index in [1.807, 2.05) is 12.1 Å². The van der Waals surface area contributed by atoms with E-state index in [2.05, 4.69) is 5.32 Å². The molecule has 2 rings (SSSR count). The third kappa shape index (κ3) is 3.11. The third-order valence-corrected chi connectivity index (χ3v) is 3.03. The maximum Gasteiger partial charge on any atom is 0.322 e. The highest BCUT2D eigenvalue weighted by atomic mass is 35.5. The number of hydrogen-bond acceptors (Lipinski definition) is 2. The quantitative estimate of drug-likeness (QED) is 0.867. The van der Waals surface area contributed by atoms with Gasteiger partial charge in [0.2, 0.25) is 0 Å². The molecule has 0 saturated heterocycles. The normalized spacial score (nSPS) is 14.5. The van der Waals surface area contributed by atoms with Gasteiger partial charge in [-0.05, 0) is 25.0 Å². The summed E-state index contributed by atoms with van der Waals surface area (Å²) in [7, 11) is 0. The molecule has 2 amide bonds. The van der Waals surface area contributed by atoms with Crippen molar-refractivity contribution in [2.75, 3.05) is 18.5 Å². The topological polar surface area (TPSA) is 52.6 Å². The average Bonchev–Trinajstić information content (AvgIpc) is 3.13. The van der Waals surface area contributed by atoms with Crippen LogP contribution in [0.25, 0.3) is 0 Å². The molecule has 1 aliphatic carbocycles. The van der Waals surface area contributed by atoms with Crippen molar-refractivity contribution in [3.63, 3.8) is 0 Å². The van der Waals surface area contributed by atoms with E-state index >= 15 is 0 Å². The summed E-state index contributed by atoms with van der Waals surface area (Å²) in [5.41, 5.74) is 0.600. The van der Waals surface area contributed by atoms with Crippen molar-refractivity contribution in [1.29, 1.82) is 0 Å². The summed E-state index contributed by atoms with van der Waals surface area (Å²) in [6.45, 7) is 0.341. The van der Waals surface area contributed by atoms with Gasteiger partial charge in [-0.3, -0.25) is 0 Å². The summed E-state index contributed by atoms with van der Waals surface area (Å²) in [5, 5.41) is 12.2. The minimum atomic E-state index is -0.199. The number of anilines is 1. The molecule has 0 aliphatic heterocycles. The molecule has 0 bridgehead atoms. The lowest BCUT2D eigenvalue weighted by Gasteiger charge is -2.22. The van der Waals surface area contributed by atoms with E-state index in [0.29, 0.717) is 17.3 Å². The van der Waals surface area contributed by atoms with Crippen LogP contribution in [0.15, 0.2) is 24.3 Å². The minimum Gasteiger partial charge on any atom is -0.395 e. The first-order valence-electron chi connectivity index (χ1n) is 5.65. The summed E-state index contributed by atoms with van der Waals surface area (Å²) in [5.74, 6) is 0. The molecule has 92 valence electrons. The number of rotatable bonds is 4. The van der Waals surface area contributed by atoms with Crippen LogP contribution in [0.5, 0.6) is 0 Å². The lowest BCUT2D eigenvalue weighted by molar-refractivity contribution is 0.185. The fourth-order valence-corrected chi connectivity index (χ4v) is 1.88. The maximum absolute atomic E-state index is 12.0. The molecule has 17 heavy (non-hydrogen) atoms. The van der Waals surface area contributed by atoms with E-state index in [1.54, 1.807) is 17.0 Å². The standard InChI is InChI=1S/C12H15ClN2O2/c13-10-3-1-2-4-11(10)14-12(17)15(7-8-16)9-5-6-9/h1-4,9,16H,5-8H2,(H,14,17). The Morgan fingerprint density at radius 3 is 2.76 bits per heavy atom. The number of amides is 2. The number of aliphatic hydroxyl groups excluding tert-OH is 1. The Kier molecular flexibility index (Phi) is 3.86. The zero-order valence-corrected chi connectivity index (χ0v) is 10.2. The molecule has 1 saturated carbocycles. The lowest BCUT2D eigenvalue weighted by Crippen LogP contribution is -2.38. The predicted molar refractivity (Wildman–Crippen MR) is 67.3 cm³/mol. The number of para-hydroxylation sites is 1. The van der Waals surface area contributed by atoms with Crippen molar-refractivity contribution in [3.8, 4) is 0 Å². The Hall–Kier alpha value is -1.26. The number of aliphatic hydroxyl groups is 1. The minimum absolute atomic E-state index is 0.0214. The molecule has 0 atom stereocenters. The van der Waals surface area contributed by atoms with Gasteiger partial charge in [0.25, 0.3) is 0 Å². The molecule has 0 radical (unpaired) electrons. The molecule has 1 aromatic carbocycles. The summed E-state index contributed by atoms with van der Waals surface area (Å²) in [6, 6.07) is 7.17. The molecule has 2 N–H and O–H groups in total. The highest BCUT2D eigenvalue weighted by Gasteiger charge is 2.32. The van der Waals surface area contributed by atoms with E-state index < -0.39 is 0 Å². The predicted octanol–water partition coefficient (Wildman–Crippen LogP) is 2.33. The van der Waals surface area contributed by atoms with Crippen LogP contribution in [0.2, 0.25) is 5.02 Å². The second kappa shape index (κ2) is 5.38. The zero-order valence-electron chi connectivity index (χ0n) is 9.40. The van der Waals surface area contributed by atoms with Crippen LogP contribution in [-0.2, 0) is 0 Å². The smallest absolute Gasteiger partial charge is 0.322 e. The van der Waals surface area contributed by atoms with Crippen molar-refractivity contribution in [3.05, 3.63) is 29.3 Å². The lowest BCUT2D eigenvalue weighted by atomic mass is 10.3. The van der Waals surface area contributed by atoms with Crippen molar-refractivity contribution >= 4 is 23.3 Å². The van der Waals surface area contributed by atoms with Crippen LogP contribution >= 0.6 is 11.6 Å². The highest BCUT2D eigenvalue weighted by molar-refractivity contribution is 6.33. The molecular weight excluding hydrogens is 240 g/mol. The Labute approximate surface area is 105 Å². The van der Waals surface area contributed by atoms with Gasteiger partial charge in [-0.2, -0.15) is 0 Å². The number of nitrogens with one attached hydrogen (secondary N) is 1. The summed E-state index contributed by atoms with van der Waals surface area (Å²) >= 11 is 5.96. The largest absolute Gasteiger partial charge is 0.395 e.